The number of rotatable bonds is 20. The van der Waals surface area contributed by atoms with E-state index in [1.54, 1.807) is 18.5 Å². The Morgan fingerprint density at radius 1 is 0.957 bits per heavy atom. The summed E-state index contributed by atoms with van der Waals surface area (Å²) in [5.41, 5.74) is 2.32. The topological polar surface area (TPSA) is 105 Å². The highest BCUT2D eigenvalue weighted by Gasteiger charge is 2.29. The van der Waals surface area contributed by atoms with Crippen molar-refractivity contribution in [2.24, 2.45) is 0 Å². The van der Waals surface area contributed by atoms with Crippen molar-refractivity contribution in [1.29, 1.82) is 0 Å². The number of hydrogen-bond donors (Lipinski definition) is 3. The van der Waals surface area contributed by atoms with Crippen LogP contribution in [0, 0.1) is 5.82 Å². The molecule has 0 unspecified atom stereocenters. The Morgan fingerprint density at radius 2 is 1.57 bits per heavy atom. The second-order valence-corrected chi connectivity index (χ2v) is 13.6. The summed E-state index contributed by atoms with van der Waals surface area (Å²) in [6.45, 7) is 9.57. The summed E-state index contributed by atoms with van der Waals surface area (Å²) < 4.78 is 22.1. The Bertz CT molecular complexity index is 1350. The maximum absolute atomic E-state index is 16.2. The van der Waals surface area contributed by atoms with Crippen LogP contribution < -0.4 is 10.6 Å². The molecule has 1 aromatic carbocycles. The number of nitrogens with one attached hydrogen (secondary N) is 3. The Labute approximate surface area is 275 Å². The lowest BCUT2D eigenvalue weighted by Gasteiger charge is -2.23. The molecule has 2 aromatic heterocycles. The van der Waals surface area contributed by atoms with Crippen molar-refractivity contribution in [1.82, 2.24) is 25.3 Å². The zero-order chi connectivity index (χ0) is 32.8. The van der Waals surface area contributed by atoms with Crippen LogP contribution in [0.1, 0.15) is 154 Å². The van der Waals surface area contributed by atoms with Gasteiger partial charge >= 0.3 is 6.03 Å². The van der Waals surface area contributed by atoms with Gasteiger partial charge in [-0.1, -0.05) is 111 Å². The van der Waals surface area contributed by atoms with Gasteiger partial charge in [-0.2, -0.15) is 0 Å². The van der Waals surface area contributed by atoms with Crippen LogP contribution in [0.2, 0.25) is 0 Å². The number of imidazole rings is 1. The second kappa shape index (κ2) is 18.3. The first kappa shape index (κ1) is 35.8. The van der Waals surface area contributed by atoms with Crippen LogP contribution in [-0.2, 0) is 10.2 Å². The van der Waals surface area contributed by atoms with Gasteiger partial charge in [-0.25, -0.2) is 24.1 Å². The minimum atomic E-state index is -0.396. The predicted octanol–water partition coefficient (Wildman–Crippen LogP) is 10.3. The number of benzene rings is 1. The number of carbonyl (C=O) groups is 1. The van der Waals surface area contributed by atoms with Crippen LogP contribution in [-0.4, -0.2) is 39.1 Å². The van der Waals surface area contributed by atoms with E-state index in [-0.39, 0.29) is 23.2 Å². The fourth-order valence-corrected chi connectivity index (χ4v) is 6.52. The highest BCUT2D eigenvalue weighted by atomic mass is 19.1. The number of fused-ring (bicyclic) bond motifs is 1. The number of unbranched alkanes of at least 4 members (excludes halogenated alkanes) is 13. The molecule has 3 aromatic rings. The van der Waals surface area contributed by atoms with Crippen molar-refractivity contribution in [3.8, 4) is 11.1 Å². The molecule has 1 aliphatic rings. The molecule has 3 N–H and O–H groups in total. The third kappa shape index (κ3) is 10.2. The van der Waals surface area contributed by atoms with Crippen molar-refractivity contribution in [2.45, 2.75) is 148 Å². The molecule has 46 heavy (non-hydrogen) atoms. The second-order valence-electron chi connectivity index (χ2n) is 13.6. The van der Waals surface area contributed by atoms with Crippen molar-refractivity contribution in [3.05, 3.63) is 35.7 Å². The zero-order valence-electron chi connectivity index (χ0n) is 28.8. The molecule has 0 aliphatic carbocycles. The third-order valence-corrected chi connectivity index (χ3v) is 9.29. The fraction of sp³-hybridized carbons (Fsp3) is 0.676. The van der Waals surface area contributed by atoms with Gasteiger partial charge in [-0.3, -0.25) is 5.32 Å². The minimum Gasteiger partial charge on any atom is -0.373 e. The molecule has 3 heterocycles. The van der Waals surface area contributed by atoms with E-state index in [0.29, 0.717) is 47.3 Å². The van der Waals surface area contributed by atoms with E-state index in [0.717, 1.165) is 25.1 Å². The largest absolute Gasteiger partial charge is 0.373 e. The lowest BCUT2D eigenvalue weighted by molar-refractivity contribution is 0.110. The number of H-pyrrole nitrogens is 1. The normalized spacial score (nSPS) is 15.1. The van der Waals surface area contributed by atoms with Gasteiger partial charge in [0.05, 0.1) is 17.1 Å². The maximum Gasteiger partial charge on any atom is 0.321 e. The summed E-state index contributed by atoms with van der Waals surface area (Å²) in [6.07, 6.45) is 24.5. The number of anilines is 1. The summed E-state index contributed by atoms with van der Waals surface area (Å²) in [7, 11) is 0. The first-order valence-electron chi connectivity index (χ1n) is 18.1. The highest BCUT2D eigenvalue weighted by Crippen LogP contribution is 2.39. The van der Waals surface area contributed by atoms with Crippen molar-refractivity contribution < 1.29 is 13.9 Å². The number of hydrogen-bond acceptors (Lipinski definition) is 5. The van der Waals surface area contributed by atoms with E-state index < -0.39 is 6.10 Å². The Hall–Kier alpha value is -3.07. The standard InChI is InChI=1S/C37H57FN6O2/c1-5-7-8-9-10-11-12-13-14-15-16-17-18-19-22-37(3,4)34-40-25-27(26-41-34)28-24-29-33(31(32(28)38)30-21-20-23-46-30)43-35(42-29)44-36(45)39-6-2/h24-26,30H,5-23H2,1-4H3,(H3,39,42,43,44,45)/t30-/m1/s1. The molecule has 254 valence electrons. The van der Waals surface area contributed by atoms with Crippen LogP contribution >= 0.6 is 0 Å². The van der Waals surface area contributed by atoms with Crippen LogP contribution in [0.5, 0.6) is 0 Å². The fourth-order valence-electron chi connectivity index (χ4n) is 6.52. The van der Waals surface area contributed by atoms with E-state index in [2.05, 4.69) is 41.4 Å². The van der Waals surface area contributed by atoms with Crippen molar-refractivity contribution >= 4 is 23.0 Å². The Kier molecular flexibility index (Phi) is 14.2. The van der Waals surface area contributed by atoms with Gasteiger partial charge in [0.2, 0.25) is 5.95 Å². The highest BCUT2D eigenvalue weighted by molar-refractivity contribution is 5.92. The molecule has 4 rings (SSSR count). The van der Waals surface area contributed by atoms with Gasteiger partial charge in [-0.15, -0.1) is 0 Å². The monoisotopic (exact) mass is 636 g/mol. The van der Waals surface area contributed by atoms with Crippen molar-refractivity contribution in [2.75, 3.05) is 18.5 Å². The lowest BCUT2D eigenvalue weighted by atomic mass is 9.85. The molecular formula is C37H57FN6O2. The molecule has 0 bridgehead atoms. The molecule has 0 saturated carbocycles. The number of aromatic nitrogens is 4. The van der Waals surface area contributed by atoms with Crippen LogP contribution in [0.4, 0.5) is 15.1 Å². The maximum atomic E-state index is 16.2. The van der Waals surface area contributed by atoms with Gasteiger partial charge in [-0.05, 0) is 32.3 Å². The van der Waals surface area contributed by atoms with Gasteiger partial charge in [0.1, 0.15) is 11.6 Å². The average molecular weight is 637 g/mol. The first-order chi connectivity index (χ1) is 22.3. The summed E-state index contributed by atoms with van der Waals surface area (Å²) in [5, 5.41) is 5.38. The van der Waals surface area contributed by atoms with Crippen LogP contribution in [0.15, 0.2) is 18.5 Å². The van der Waals surface area contributed by atoms with Crippen molar-refractivity contribution in [3.63, 3.8) is 0 Å². The molecule has 0 spiro atoms. The summed E-state index contributed by atoms with van der Waals surface area (Å²) in [4.78, 5) is 29.2. The Morgan fingerprint density at radius 3 is 2.13 bits per heavy atom. The molecule has 1 saturated heterocycles. The molecule has 1 fully saturated rings. The molecular weight excluding hydrogens is 579 g/mol. The van der Waals surface area contributed by atoms with E-state index in [4.69, 9.17) is 14.7 Å². The molecule has 1 aliphatic heterocycles. The van der Waals surface area contributed by atoms with Crippen LogP contribution in [0.3, 0.4) is 0 Å². The van der Waals surface area contributed by atoms with Gasteiger partial charge in [0, 0.05) is 47.7 Å². The van der Waals surface area contributed by atoms with Gasteiger partial charge in [0.15, 0.2) is 0 Å². The first-order valence-corrected chi connectivity index (χ1v) is 18.1. The van der Waals surface area contributed by atoms with Gasteiger partial charge in [0.25, 0.3) is 0 Å². The molecule has 9 heteroatoms. The van der Waals surface area contributed by atoms with Gasteiger partial charge < -0.3 is 15.0 Å². The summed E-state index contributed by atoms with van der Waals surface area (Å²) in [6, 6.07) is 1.35. The number of nitrogens with zero attached hydrogens (tertiary/aromatic N) is 3. The smallest absolute Gasteiger partial charge is 0.321 e. The lowest BCUT2D eigenvalue weighted by Crippen LogP contribution is -2.28. The van der Waals surface area contributed by atoms with E-state index in [9.17, 15) is 4.79 Å². The number of urea groups is 1. The van der Waals surface area contributed by atoms with E-state index >= 15 is 4.39 Å². The number of ether oxygens (including phenoxy) is 1. The number of aromatic amines is 1. The number of halogens is 1. The molecule has 0 radical (unpaired) electrons. The molecule has 8 nitrogen and oxygen atoms in total. The Balaban J connectivity index is 1.30. The SMILES string of the molecule is CCCCCCCCCCCCCCCCC(C)(C)c1ncc(-c2cc3[nH]c(NC(=O)NCC)nc3c([C@H]3CCCO3)c2F)cn1. The van der Waals surface area contributed by atoms with Crippen LogP contribution in [0.25, 0.3) is 22.2 Å². The predicted molar refractivity (Wildman–Crippen MR) is 186 cm³/mol. The van der Waals surface area contributed by atoms with E-state index in [1.807, 2.05) is 6.92 Å². The zero-order valence-corrected chi connectivity index (χ0v) is 28.8. The minimum absolute atomic E-state index is 0.163. The molecule has 1 atom stereocenters. The summed E-state index contributed by atoms with van der Waals surface area (Å²) >= 11 is 0. The van der Waals surface area contributed by atoms with E-state index in [1.165, 1.54) is 83.5 Å². The summed E-state index contributed by atoms with van der Waals surface area (Å²) in [5.74, 6) is 0.656. The average Bonchev–Trinajstić information content (AvgIpc) is 3.71. The molecule has 2 amide bonds. The quantitative estimate of drug-likeness (QED) is 0.107. The number of carbonyl (C=O) groups excluding carboxylic acids is 1. The third-order valence-electron chi connectivity index (χ3n) is 9.29. The number of amides is 2.